The van der Waals surface area contributed by atoms with Crippen molar-refractivity contribution >= 4 is 23.6 Å². The number of aliphatic imine (C=N–C) groups is 1. The minimum absolute atomic E-state index is 0.0559. The number of benzene rings is 1. The van der Waals surface area contributed by atoms with Crippen LogP contribution in [0, 0.1) is 16.0 Å². The van der Waals surface area contributed by atoms with E-state index in [4.69, 9.17) is 4.74 Å². The first kappa shape index (κ1) is 20.8. The summed E-state index contributed by atoms with van der Waals surface area (Å²) in [4.78, 5) is 42.1. The summed E-state index contributed by atoms with van der Waals surface area (Å²) in [5.41, 5.74) is -1.27. The zero-order chi connectivity index (χ0) is 21.4. The van der Waals surface area contributed by atoms with E-state index in [9.17, 15) is 19.7 Å². The minimum Gasteiger partial charge on any atom is -0.444 e. The molecule has 1 fully saturated rings. The largest absolute Gasteiger partial charge is 0.444 e. The maximum Gasteiger partial charge on any atom is 0.414 e. The number of nitrogens with zero attached hydrogens (tertiary/aromatic N) is 3. The molecule has 1 heterocycles. The molecule has 9 heteroatoms. The van der Waals surface area contributed by atoms with Crippen molar-refractivity contribution in [2.24, 2.45) is 10.9 Å². The van der Waals surface area contributed by atoms with Crippen molar-refractivity contribution in [3.8, 4) is 0 Å². The first-order chi connectivity index (χ1) is 13.5. The second-order valence-electron chi connectivity index (χ2n) is 8.77. The van der Waals surface area contributed by atoms with E-state index in [1.54, 1.807) is 39.8 Å². The molecular formula is C20H26N4O5. The maximum absolute atomic E-state index is 13.0. The molecule has 2 amide bonds. The number of carbonyl (C=O) groups excluding carboxylic acids is 2. The number of nitro groups is 1. The van der Waals surface area contributed by atoms with Gasteiger partial charge in [-0.3, -0.25) is 25.1 Å². The molecule has 1 unspecified atom stereocenters. The third-order valence-electron chi connectivity index (χ3n) is 4.83. The molecule has 0 aromatic heterocycles. The lowest BCUT2D eigenvalue weighted by Gasteiger charge is -2.37. The molecule has 156 valence electrons. The fraction of sp³-hybridized carbons (Fsp3) is 0.550. The number of rotatable bonds is 4. The zero-order valence-electron chi connectivity index (χ0n) is 17.1. The number of nitro benzene ring substituents is 1. The van der Waals surface area contributed by atoms with Crippen LogP contribution < -0.4 is 5.32 Å². The number of guanidine groups is 1. The number of nitrogens with one attached hydrogen (secondary N) is 1. The Morgan fingerprint density at radius 1 is 1.41 bits per heavy atom. The van der Waals surface area contributed by atoms with Gasteiger partial charge in [-0.1, -0.05) is 12.1 Å². The SMILES string of the molecule is CC(C)(C)OC(=O)NC1=NC(C)(c2cccc([N+](=O)[O-])c2)CC(=O)N1CC1CC1. The molecule has 0 radical (unpaired) electrons. The van der Waals surface area contributed by atoms with Gasteiger partial charge in [-0.2, -0.15) is 0 Å². The number of carbonyl (C=O) groups is 2. The van der Waals surface area contributed by atoms with Crippen molar-refractivity contribution in [3.63, 3.8) is 0 Å². The third-order valence-corrected chi connectivity index (χ3v) is 4.83. The quantitative estimate of drug-likeness (QED) is 0.613. The molecule has 9 nitrogen and oxygen atoms in total. The van der Waals surface area contributed by atoms with Crippen LogP contribution >= 0.6 is 0 Å². The van der Waals surface area contributed by atoms with Gasteiger partial charge in [0.15, 0.2) is 0 Å². The van der Waals surface area contributed by atoms with Gasteiger partial charge in [0.05, 0.1) is 16.9 Å². The van der Waals surface area contributed by atoms with Crippen LogP contribution in [0.3, 0.4) is 0 Å². The molecule has 1 aliphatic carbocycles. The zero-order valence-corrected chi connectivity index (χ0v) is 17.1. The van der Waals surface area contributed by atoms with Crippen LogP contribution in [-0.4, -0.2) is 39.9 Å². The summed E-state index contributed by atoms with van der Waals surface area (Å²) in [7, 11) is 0. The maximum atomic E-state index is 13.0. The number of hydrogen-bond donors (Lipinski definition) is 1. The Morgan fingerprint density at radius 3 is 2.69 bits per heavy atom. The Balaban J connectivity index is 1.95. The molecule has 2 aliphatic rings. The van der Waals surface area contributed by atoms with E-state index in [0.29, 0.717) is 18.0 Å². The van der Waals surface area contributed by atoms with Gasteiger partial charge < -0.3 is 4.74 Å². The van der Waals surface area contributed by atoms with Gasteiger partial charge in [0.2, 0.25) is 11.9 Å². The molecule has 1 aromatic rings. The predicted octanol–water partition coefficient (Wildman–Crippen LogP) is 3.33. The van der Waals surface area contributed by atoms with Crippen molar-refractivity contribution in [2.75, 3.05) is 6.54 Å². The van der Waals surface area contributed by atoms with E-state index in [-0.39, 0.29) is 24.0 Å². The Hall–Kier alpha value is -2.97. The summed E-state index contributed by atoms with van der Waals surface area (Å²) in [6.07, 6.45) is 1.42. The summed E-state index contributed by atoms with van der Waals surface area (Å²) < 4.78 is 5.31. The highest BCUT2D eigenvalue weighted by Crippen LogP contribution is 2.37. The topological polar surface area (TPSA) is 114 Å². The minimum atomic E-state index is -1.03. The molecule has 1 atom stereocenters. The van der Waals surface area contributed by atoms with Crippen molar-refractivity contribution < 1.29 is 19.2 Å². The van der Waals surface area contributed by atoms with E-state index >= 15 is 0 Å². The number of amides is 2. The average molecular weight is 402 g/mol. The number of alkyl carbamates (subject to hydrolysis) is 1. The molecular weight excluding hydrogens is 376 g/mol. The Labute approximate surface area is 169 Å². The lowest BCUT2D eigenvalue weighted by Crippen LogP contribution is -2.54. The summed E-state index contributed by atoms with van der Waals surface area (Å²) in [5, 5.41) is 13.8. The monoisotopic (exact) mass is 402 g/mol. The molecule has 3 rings (SSSR count). The fourth-order valence-corrected chi connectivity index (χ4v) is 3.20. The molecule has 1 aliphatic heterocycles. The van der Waals surface area contributed by atoms with E-state index in [2.05, 4.69) is 10.3 Å². The number of hydrogen-bond acceptors (Lipinski definition) is 6. The fourth-order valence-electron chi connectivity index (χ4n) is 3.20. The first-order valence-corrected chi connectivity index (χ1v) is 9.62. The standard InChI is InChI=1S/C20H26N4O5/c1-19(2,3)29-18(26)21-17-22-20(4,11-16(25)23(17)12-13-8-9-13)14-6-5-7-15(10-14)24(27)28/h5-7,10,13H,8-9,11-12H2,1-4H3,(H,21,22,26). The van der Waals surface area contributed by atoms with Gasteiger partial charge in [0, 0.05) is 18.7 Å². The highest BCUT2D eigenvalue weighted by atomic mass is 16.6. The highest BCUT2D eigenvalue weighted by molar-refractivity contribution is 6.05. The Morgan fingerprint density at radius 2 is 2.10 bits per heavy atom. The van der Waals surface area contributed by atoms with E-state index in [1.165, 1.54) is 17.0 Å². The van der Waals surface area contributed by atoms with Gasteiger partial charge >= 0.3 is 6.09 Å². The van der Waals surface area contributed by atoms with E-state index < -0.39 is 22.2 Å². The third kappa shape index (κ3) is 5.10. The normalized spacial score (nSPS) is 22.1. The van der Waals surface area contributed by atoms with Crippen molar-refractivity contribution in [2.45, 2.75) is 58.1 Å². The second kappa shape index (κ2) is 7.46. The van der Waals surface area contributed by atoms with Crippen LogP contribution in [0.15, 0.2) is 29.3 Å². The molecule has 0 spiro atoms. The first-order valence-electron chi connectivity index (χ1n) is 9.62. The number of ether oxygens (including phenoxy) is 1. The Bertz CT molecular complexity index is 872. The van der Waals surface area contributed by atoms with Crippen LogP contribution in [-0.2, 0) is 15.1 Å². The smallest absolute Gasteiger partial charge is 0.414 e. The molecule has 0 bridgehead atoms. The van der Waals surface area contributed by atoms with Gasteiger partial charge in [-0.15, -0.1) is 0 Å². The van der Waals surface area contributed by atoms with Crippen LogP contribution in [0.25, 0.3) is 0 Å². The van der Waals surface area contributed by atoms with Crippen LogP contribution in [0.4, 0.5) is 10.5 Å². The van der Waals surface area contributed by atoms with Gasteiger partial charge in [0.1, 0.15) is 5.60 Å². The van der Waals surface area contributed by atoms with Crippen LogP contribution in [0.2, 0.25) is 0 Å². The second-order valence-corrected chi connectivity index (χ2v) is 8.77. The number of non-ortho nitro benzene ring substituents is 1. The highest BCUT2D eigenvalue weighted by Gasteiger charge is 2.41. The summed E-state index contributed by atoms with van der Waals surface area (Å²) in [6.45, 7) is 7.45. The molecule has 29 heavy (non-hydrogen) atoms. The molecule has 1 N–H and O–H groups in total. The predicted molar refractivity (Wildman–Crippen MR) is 106 cm³/mol. The lowest BCUT2D eigenvalue weighted by atomic mass is 9.87. The Kier molecular flexibility index (Phi) is 5.34. The lowest BCUT2D eigenvalue weighted by molar-refractivity contribution is -0.385. The van der Waals surface area contributed by atoms with Crippen molar-refractivity contribution in [1.29, 1.82) is 0 Å². The molecule has 1 aromatic carbocycles. The summed E-state index contributed by atoms with van der Waals surface area (Å²) >= 11 is 0. The van der Waals surface area contributed by atoms with Crippen molar-refractivity contribution in [1.82, 2.24) is 10.2 Å². The van der Waals surface area contributed by atoms with E-state index in [0.717, 1.165) is 12.8 Å². The van der Waals surface area contributed by atoms with Gasteiger partial charge in [-0.05, 0) is 52.0 Å². The van der Waals surface area contributed by atoms with Gasteiger partial charge in [0.25, 0.3) is 5.69 Å². The molecule has 0 saturated heterocycles. The summed E-state index contributed by atoms with van der Waals surface area (Å²) in [6, 6.07) is 6.07. The van der Waals surface area contributed by atoms with Crippen LogP contribution in [0.5, 0.6) is 0 Å². The van der Waals surface area contributed by atoms with Crippen molar-refractivity contribution in [3.05, 3.63) is 39.9 Å². The average Bonchev–Trinajstić information content (AvgIpc) is 3.40. The van der Waals surface area contributed by atoms with E-state index in [1.807, 2.05) is 0 Å². The van der Waals surface area contributed by atoms with Gasteiger partial charge in [-0.25, -0.2) is 9.79 Å². The van der Waals surface area contributed by atoms with Crippen LogP contribution in [0.1, 0.15) is 52.5 Å². The molecule has 1 saturated carbocycles. The summed E-state index contributed by atoms with van der Waals surface area (Å²) in [5.74, 6) is 0.329.